The minimum Gasteiger partial charge on any atom is -0.395 e. The van der Waals surface area contributed by atoms with Crippen molar-refractivity contribution in [1.29, 1.82) is 0 Å². The Labute approximate surface area is 204 Å². The molecule has 1 fully saturated rings. The van der Waals surface area contributed by atoms with Crippen molar-refractivity contribution in [3.63, 3.8) is 0 Å². The number of furan rings is 1. The second kappa shape index (κ2) is 10.4. The van der Waals surface area contributed by atoms with E-state index in [4.69, 9.17) is 10.2 Å². The van der Waals surface area contributed by atoms with E-state index < -0.39 is 40.5 Å². The summed E-state index contributed by atoms with van der Waals surface area (Å²) < 4.78 is 18.4. The van der Waals surface area contributed by atoms with Gasteiger partial charge in [0.15, 0.2) is 11.9 Å². The molecule has 2 aromatic carbocycles. The van der Waals surface area contributed by atoms with Crippen molar-refractivity contribution < 1.29 is 28.1 Å². The molecule has 0 radical (unpaired) electrons. The van der Waals surface area contributed by atoms with Gasteiger partial charge in [0, 0.05) is 31.7 Å². The Balaban J connectivity index is 1.60. The second-order valence-electron chi connectivity index (χ2n) is 8.01. The van der Waals surface area contributed by atoms with Crippen LogP contribution in [0.3, 0.4) is 0 Å². The van der Waals surface area contributed by atoms with Crippen molar-refractivity contribution in [2.75, 3.05) is 13.1 Å². The van der Waals surface area contributed by atoms with Crippen LogP contribution in [0.2, 0.25) is 0 Å². The highest BCUT2D eigenvalue weighted by atomic mass is 19.1. The zero-order valence-corrected chi connectivity index (χ0v) is 18.9. The molecule has 4 rings (SSSR count). The lowest BCUT2D eigenvalue weighted by Gasteiger charge is -2.28. The van der Waals surface area contributed by atoms with Crippen LogP contribution in [0.25, 0.3) is 0 Å². The molecule has 0 aliphatic carbocycles. The van der Waals surface area contributed by atoms with Gasteiger partial charge >= 0.3 is 5.88 Å². The van der Waals surface area contributed by atoms with E-state index in [9.17, 15) is 28.9 Å². The lowest BCUT2D eigenvalue weighted by atomic mass is 10.1. The Morgan fingerprint density at radius 1 is 1.03 bits per heavy atom. The zero-order chi connectivity index (χ0) is 25.8. The van der Waals surface area contributed by atoms with Gasteiger partial charge < -0.3 is 25.3 Å². The van der Waals surface area contributed by atoms with Gasteiger partial charge in [0.05, 0.1) is 6.07 Å². The minimum atomic E-state index is -1.36. The van der Waals surface area contributed by atoms with E-state index in [1.165, 1.54) is 17.0 Å². The molecule has 36 heavy (non-hydrogen) atoms. The van der Waals surface area contributed by atoms with E-state index in [1.807, 2.05) is 12.1 Å². The Bertz CT molecular complexity index is 1310. The summed E-state index contributed by atoms with van der Waals surface area (Å²) >= 11 is 0. The molecule has 1 unspecified atom stereocenters. The third kappa shape index (κ3) is 5.08. The van der Waals surface area contributed by atoms with Gasteiger partial charge in [0.2, 0.25) is 0 Å². The van der Waals surface area contributed by atoms with Gasteiger partial charge in [-0.15, -0.1) is 0 Å². The molecular formula is C24H22FN5O6. The predicted molar refractivity (Wildman–Crippen MR) is 124 cm³/mol. The molecule has 3 N–H and O–H groups in total. The minimum absolute atomic E-state index is 0.00545. The zero-order valence-electron chi connectivity index (χ0n) is 18.9. The summed E-state index contributed by atoms with van der Waals surface area (Å²) in [7, 11) is 0. The van der Waals surface area contributed by atoms with E-state index in [-0.39, 0.29) is 31.0 Å². The molecule has 1 aliphatic heterocycles. The maximum Gasteiger partial charge on any atom is 0.433 e. The summed E-state index contributed by atoms with van der Waals surface area (Å²) in [5.74, 6) is -3.51. The standard InChI is InChI=1S/C24H22FN5O6/c25-18-6-4-17(5-7-18)23(32)28-10-11-29(24(33)19-8-9-20(36-19)30(34)35)22(28)21(31)27-14-16-3-1-2-15(12-16)13-26/h1-9,12,22H,10-11,13-14,26H2,(H,27,31). The fourth-order valence-corrected chi connectivity index (χ4v) is 3.92. The molecule has 3 aromatic rings. The summed E-state index contributed by atoms with van der Waals surface area (Å²) in [5.41, 5.74) is 7.43. The monoisotopic (exact) mass is 495 g/mol. The number of carbonyl (C=O) groups is 3. The summed E-state index contributed by atoms with van der Waals surface area (Å²) in [6.45, 7) is 0.407. The molecule has 1 atom stereocenters. The van der Waals surface area contributed by atoms with Gasteiger partial charge in [-0.05, 0) is 41.5 Å². The van der Waals surface area contributed by atoms with Crippen LogP contribution in [0.5, 0.6) is 0 Å². The van der Waals surface area contributed by atoms with Crippen LogP contribution >= 0.6 is 0 Å². The third-order valence-corrected chi connectivity index (χ3v) is 5.70. The number of hydrogen-bond acceptors (Lipinski definition) is 7. The Morgan fingerprint density at radius 3 is 2.33 bits per heavy atom. The van der Waals surface area contributed by atoms with Gasteiger partial charge in [-0.3, -0.25) is 24.5 Å². The largest absolute Gasteiger partial charge is 0.433 e. The first-order chi connectivity index (χ1) is 17.3. The molecule has 1 aromatic heterocycles. The fourth-order valence-electron chi connectivity index (χ4n) is 3.92. The average Bonchev–Trinajstić information content (AvgIpc) is 3.55. The highest BCUT2D eigenvalue weighted by Gasteiger charge is 2.44. The maximum atomic E-state index is 13.4. The number of nitrogens with two attached hydrogens (primary N) is 1. The number of carbonyl (C=O) groups excluding carboxylic acids is 3. The van der Waals surface area contributed by atoms with Crippen LogP contribution in [-0.4, -0.2) is 51.7 Å². The lowest BCUT2D eigenvalue weighted by molar-refractivity contribution is -0.402. The van der Waals surface area contributed by atoms with Crippen LogP contribution < -0.4 is 11.1 Å². The van der Waals surface area contributed by atoms with Crippen molar-refractivity contribution in [1.82, 2.24) is 15.1 Å². The molecule has 0 bridgehead atoms. The molecule has 0 spiro atoms. The molecular weight excluding hydrogens is 473 g/mol. The summed E-state index contributed by atoms with van der Waals surface area (Å²) in [6, 6.07) is 14.2. The van der Waals surface area contributed by atoms with Crippen molar-refractivity contribution in [3.05, 3.63) is 99.0 Å². The Kier molecular flexibility index (Phi) is 7.06. The molecule has 0 saturated carbocycles. The summed E-state index contributed by atoms with van der Waals surface area (Å²) in [5, 5.41) is 13.7. The van der Waals surface area contributed by atoms with E-state index in [2.05, 4.69) is 5.32 Å². The number of nitrogens with zero attached hydrogens (tertiary/aromatic N) is 3. The van der Waals surface area contributed by atoms with Crippen LogP contribution in [0.15, 0.2) is 65.1 Å². The third-order valence-electron chi connectivity index (χ3n) is 5.70. The number of hydrogen-bond donors (Lipinski definition) is 2. The molecule has 1 saturated heterocycles. The van der Waals surface area contributed by atoms with E-state index in [0.717, 1.165) is 40.3 Å². The van der Waals surface area contributed by atoms with Gasteiger partial charge in [-0.1, -0.05) is 24.3 Å². The number of nitrogens with one attached hydrogen (secondary N) is 1. The number of benzene rings is 2. The van der Waals surface area contributed by atoms with Gasteiger partial charge in [-0.2, -0.15) is 0 Å². The maximum absolute atomic E-state index is 13.4. The van der Waals surface area contributed by atoms with Crippen molar-refractivity contribution in [2.45, 2.75) is 19.3 Å². The number of rotatable bonds is 7. The van der Waals surface area contributed by atoms with Crippen molar-refractivity contribution >= 4 is 23.6 Å². The van der Waals surface area contributed by atoms with Gasteiger partial charge in [-0.25, -0.2) is 4.39 Å². The molecule has 2 heterocycles. The Morgan fingerprint density at radius 2 is 1.69 bits per heavy atom. The van der Waals surface area contributed by atoms with Crippen molar-refractivity contribution in [3.8, 4) is 0 Å². The van der Waals surface area contributed by atoms with E-state index >= 15 is 0 Å². The van der Waals surface area contributed by atoms with Crippen molar-refractivity contribution in [2.24, 2.45) is 5.73 Å². The predicted octanol–water partition coefficient (Wildman–Crippen LogP) is 2.03. The fraction of sp³-hybridized carbons (Fsp3) is 0.208. The van der Waals surface area contributed by atoms with Gasteiger partial charge in [0.1, 0.15) is 10.7 Å². The van der Waals surface area contributed by atoms with Crippen LogP contribution in [0.4, 0.5) is 10.3 Å². The topological polar surface area (TPSA) is 152 Å². The normalized spacial score (nSPS) is 15.1. The number of nitro groups is 1. The van der Waals surface area contributed by atoms with E-state index in [0.29, 0.717) is 6.54 Å². The number of amides is 3. The van der Waals surface area contributed by atoms with Gasteiger partial charge in [0.25, 0.3) is 17.7 Å². The first kappa shape index (κ1) is 24.5. The highest BCUT2D eigenvalue weighted by molar-refractivity contribution is 6.01. The van der Waals surface area contributed by atoms with E-state index in [1.54, 1.807) is 12.1 Å². The summed E-state index contributed by atoms with van der Waals surface area (Å²) in [6.07, 6.45) is -1.36. The van der Waals surface area contributed by atoms with Crippen LogP contribution in [0, 0.1) is 15.9 Å². The molecule has 11 nitrogen and oxygen atoms in total. The molecule has 3 amide bonds. The second-order valence-corrected chi connectivity index (χ2v) is 8.01. The SMILES string of the molecule is NCc1cccc(CNC(=O)C2N(C(=O)c3ccc(F)cc3)CCN2C(=O)c2ccc([N+](=O)[O-])o2)c1. The first-order valence-corrected chi connectivity index (χ1v) is 11.0. The molecule has 1 aliphatic rings. The number of halogens is 1. The molecule has 12 heteroatoms. The lowest BCUT2D eigenvalue weighted by Crippen LogP contribution is -2.53. The van der Waals surface area contributed by atoms with Crippen LogP contribution in [-0.2, 0) is 17.9 Å². The molecule has 186 valence electrons. The first-order valence-electron chi connectivity index (χ1n) is 11.0. The average molecular weight is 495 g/mol. The quantitative estimate of drug-likeness (QED) is 0.376. The summed E-state index contributed by atoms with van der Waals surface area (Å²) in [4.78, 5) is 52.1. The van der Waals surface area contributed by atoms with Crippen LogP contribution in [0.1, 0.15) is 32.0 Å². The Hall–Kier alpha value is -4.58. The smallest absolute Gasteiger partial charge is 0.395 e. The highest BCUT2D eigenvalue weighted by Crippen LogP contribution is 2.24.